The Kier molecular flexibility index (Phi) is 5.60. The minimum atomic E-state index is -0.0758. The van der Waals surface area contributed by atoms with Gasteiger partial charge in [-0.1, -0.05) is 50.1 Å². The summed E-state index contributed by atoms with van der Waals surface area (Å²) < 4.78 is 7.48. The number of hydrogen-bond donors (Lipinski definition) is 2. The first-order valence-electron chi connectivity index (χ1n) is 6.29. The predicted octanol–water partition coefficient (Wildman–Crippen LogP) is 4.16. The molecule has 0 amide bonds. The molecule has 3 nitrogen and oxygen atoms in total. The van der Waals surface area contributed by atoms with E-state index in [2.05, 4.69) is 37.3 Å². The number of benzene rings is 2. The highest BCUT2D eigenvalue weighted by atomic mass is 79.9. The van der Waals surface area contributed by atoms with Gasteiger partial charge in [0, 0.05) is 8.95 Å². The van der Waals surface area contributed by atoms with Crippen LogP contribution in [0.5, 0.6) is 5.75 Å². The van der Waals surface area contributed by atoms with Crippen LogP contribution in [-0.2, 0) is 0 Å². The molecule has 1 unspecified atom stereocenters. The fourth-order valence-electron chi connectivity index (χ4n) is 2.02. The van der Waals surface area contributed by atoms with E-state index < -0.39 is 0 Å². The quantitative estimate of drug-likeness (QED) is 0.586. The highest BCUT2D eigenvalue weighted by Crippen LogP contribution is 2.31. The van der Waals surface area contributed by atoms with Gasteiger partial charge in [-0.3, -0.25) is 5.84 Å². The second-order valence-electron chi connectivity index (χ2n) is 4.27. The van der Waals surface area contributed by atoms with Crippen molar-refractivity contribution < 1.29 is 4.74 Å². The Morgan fingerprint density at radius 1 is 1.15 bits per heavy atom. The van der Waals surface area contributed by atoms with Crippen LogP contribution in [0.25, 0.3) is 0 Å². The molecule has 0 spiro atoms. The van der Waals surface area contributed by atoms with E-state index in [1.807, 2.05) is 49.4 Å². The molecule has 2 aromatic carbocycles. The van der Waals surface area contributed by atoms with Gasteiger partial charge in [-0.2, -0.15) is 0 Å². The maximum atomic E-state index is 5.73. The van der Waals surface area contributed by atoms with Gasteiger partial charge in [-0.05, 0) is 42.3 Å². The van der Waals surface area contributed by atoms with Crippen LogP contribution < -0.4 is 16.0 Å². The predicted molar refractivity (Wildman–Crippen MR) is 88.6 cm³/mol. The summed E-state index contributed by atoms with van der Waals surface area (Å²) in [5, 5.41) is 0. The number of hydrazine groups is 1. The smallest absolute Gasteiger partial charge is 0.119 e. The molecule has 0 aliphatic carbocycles. The van der Waals surface area contributed by atoms with Crippen molar-refractivity contribution in [1.82, 2.24) is 5.43 Å². The van der Waals surface area contributed by atoms with Crippen LogP contribution in [0.4, 0.5) is 0 Å². The molecule has 5 heteroatoms. The van der Waals surface area contributed by atoms with Gasteiger partial charge in [-0.25, -0.2) is 5.43 Å². The molecule has 0 aromatic heterocycles. The highest BCUT2D eigenvalue weighted by Gasteiger charge is 2.15. The number of halogens is 2. The molecule has 0 aliphatic rings. The maximum Gasteiger partial charge on any atom is 0.119 e. The molecular formula is C15H16Br2N2O. The van der Waals surface area contributed by atoms with E-state index in [0.717, 1.165) is 25.8 Å². The molecule has 1 atom stereocenters. The Hall–Kier alpha value is -0.880. The van der Waals surface area contributed by atoms with E-state index in [9.17, 15) is 0 Å². The Labute approximate surface area is 135 Å². The summed E-state index contributed by atoms with van der Waals surface area (Å²) in [6, 6.07) is 13.9. The number of hydrogen-bond acceptors (Lipinski definition) is 3. The average molecular weight is 400 g/mol. The largest absolute Gasteiger partial charge is 0.494 e. The molecule has 0 aliphatic heterocycles. The van der Waals surface area contributed by atoms with Gasteiger partial charge >= 0.3 is 0 Å². The van der Waals surface area contributed by atoms with Crippen molar-refractivity contribution >= 4 is 31.9 Å². The Balaban J connectivity index is 2.31. The van der Waals surface area contributed by atoms with Crippen LogP contribution in [0.15, 0.2) is 51.4 Å². The van der Waals surface area contributed by atoms with Crippen LogP contribution in [-0.4, -0.2) is 6.61 Å². The van der Waals surface area contributed by atoms with Crippen molar-refractivity contribution in [3.05, 3.63) is 62.5 Å². The molecule has 106 valence electrons. The summed E-state index contributed by atoms with van der Waals surface area (Å²) in [6.45, 7) is 2.63. The van der Waals surface area contributed by atoms with Gasteiger partial charge in [0.05, 0.1) is 12.6 Å². The fourth-order valence-corrected chi connectivity index (χ4v) is 3.30. The minimum Gasteiger partial charge on any atom is -0.494 e. The minimum absolute atomic E-state index is 0.0758. The Morgan fingerprint density at radius 2 is 1.85 bits per heavy atom. The van der Waals surface area contributed by atoms with Crippen LogP contribution in [0, 0.1) is 0 Å². The fraction of sp³-hybridized carbons (Fsp3) is 0.200. The lowest BCUT2D eigenvalue weighted by atomic mass is 9.99. The summed E-state index contributed by atoms with van der Waals surface area (Å²) in [5.41, 5.74) is 5.03. The first-order valence-corrected chi connectivity index (χ1v) is 7.88. The summed E-state index contributed by atoms with van der Waals surface area (Å²) in [6.07, 6.45) is 0. The van der Waals surface area contributed by atoms with E-state index in [-0.39, 0.29) is 6.04 Å². The van der Waals surface area contributed by atoms with Crippen molar-refractivity contribution in [2.75, 3.05) is 6.61 Å². The zero-order valence-electron chi connectivity index (χ0n) is 11.1. The van der Waals surface area contributed by atoms with Crippen LogP contribution in [0.1, 0.15) is 24.1 Å². The van der Waals surface area contributed by atoms with E-state index in [4.69, 9.17) is 10.6 Å². The molecule has 0 heterocycles. The van der Waals surface area contributed by atoms with Crippen molar-refractivity contribution in [3.63, 3.8) is 0 Å². The van der Waals surface area contributed by atoms with E-state index in [1.54, 1.807) is 0 Å². The maximum absolute atomic E-state index is 5.73. The molecule has 0 saturated heterocycles. The zero-order chi connectivity index (χ0) is 14.5. The third-order valence-corrected chi connectivity index (χ3v) is 4.14. The molecule has 2 rings (SSSR count). The molecule has 0 fully saturated rings. The number of nitrogens with two attached hydrogens (primary N) is 1. The SMILES string of the molecule is CCOc1ccc(C(NN)c2ccc(Br)cc2Br)cc1. The Bertz CT molecular complexity index is 573. The zero-order valence-corrected chi connectivity index (χ0v) is 14.2. The van der Waals surface area contributed by atoms with Gasteiger partial charge in [0.1, 0.15) is 5.75 Å². The van der Waals surface area contributed by atoms with Gasteiger partial charge in [0.25, 0.3) is 0 Å². The third-order valence-electron chi connectivity index (χ3n) is 2.96. The van der Waals surface area contributed by atoms with Crippen LogP contribution in [0.2, 0.25) is 0 Å². The lowest BCUT2D eigenvalue weighted by Gasteiger charge is -2.19. The topological polar surface area (TPSA) is 47.3 Å². The lowest BCUT2D eigenvalue weighted by molar-refractivity contribution is 0.340. The van der Waals surface area contributed by atoms with E-state index >= 15 is 0 Å². The molecule has 0 radical (unpaired) electrons. The highest BCUT2D eigenvalue weighted by molar-refractivity contribution is 9.11. The second kappa shape index (κ2) is 7.22. The van der Waals surface area contributed by atoms with Crippen LogP contribution in [0.3, 0.4) is 0 Å². The van der Waals surface area contributed by atoms with E-state index in [1.165, 1.54) is 0 Å². The van der Waals surface area contributed by atoms with Gasteiger partial charge in [0.15, 0.2) is 0 Å². The van der Waals surface area contributed by atoms with Crippen molar-refractivity contribution in [2.45, 2.75) is 13.0 Å². The molecule has 0 bridgehead atoms. The first kappa shape index (κ1) is 15.5. The third kappa shape index (κ3) is 3.61. The van der Waals surface area contributed by atoms with Gasteiger partial charge in [0.2, 0.25) is 0 Å². The van der Waals surface area contributed by atoms with Crippen molar-refractivity contribution in [3.8, 4) is 5.75 Å². The van der Waals surface area contributed by atoms with E-state index in [0.29, 0.717) is 6.61 Å². The second-order valence-corrected chi connectivity index (χ2v) is 6.04. The number of rotatable bonds is 5. The molecule has 3 N–H and O–H groups in total. The summed E-state index contributed by atoms with van der Waals surface area (Å²) in [5.74, 6) is 6.59. The van der Waals surface area contributed by atoms with Crippen molar-refractivity contribution in [1.29, 1.82) is 0 Å². The van der Waals surface area contributed by atoms with Gasteiger partial charge in [-0.15, -0.1) is 0 Å². The monoisotopic (exact) mass is 398 g/mol. The normalized spacial score (nSPS) is 12.2. The summed E-state index contributed by atoms with van der Waals surface area (Å²) in [7, 11) is 0. The summed E-state index contributed by atoms with van der Waals surface area (Å²) >= 11 is 7.03. The van der Waals surface area contributed by atoms with Crippen molar-refractivity contribution in [2.24, 2.45) is 5.84 Å². The molecule has 0 saturated carbocycles. The molecular weight excluding hydrogens is 384 g/mol. The lowest BCUT2D eigenvalue weighted by Crippen LogP contribution is -2.29. The van der Waals surface area contributed by atoms with Crippen LogP contribution >= 0.6 is 31.9 Å². The van der Waals surface area contributed by atoms with Gasteiger partial charge < -0.3 is 4.74 Å². The standard InChI is InChI=1S/C15H16Br2N2O/c1-2-20-12-6-3-10(4-7-12)15(19-18)13-8-5-11(16)9-14(13)17/h3-9,15,19H,2,18H2,1H3. The Morgan fingerprint density at radius 3 is 2.40 bits per heavy atom. The first-order chi connectivity index (χ1) is 9.65. The number of nitrogens with one attached hydrogen (secondary N) is 1. The molecule has 2 aromatic rings. The molecule has 20 heavy (non-hydrogen) atoms. The summed E-state index contributed by atoms with van der Waals surface area (Å²) in [4.78, 5) is 0. The number of ether oxygens (including phenoxy) is 1. The average Bonchev–Trinajstić information content (AvgIpc) is 2.44.